The lowest BCUT2D eigenvalue weighted by Crippen LogP contribution is -2.11. The maximum absolute atomic E-state index is 11.8. The van der Waals surface area contributed by atoms with Gasteiger partial charge in [0.1, 0.15) is 49.6 Å². The Morgan fingerprint density at radius 3 is 1.43 bits per heavy atom. The van der Waals surface area contributed by atoms with Gasteiger partial charge in [0.2, 0.25) is 0 Å². The van der Waals surface area contributed by atoms with Gasteiger partial charge in [-0.25, -0.2) is 4.85 Å². The summed E-state index contributed by atoms with van der Waals surface area (Å²) in [5, 5.41) is 23.7. The Kier molecular flexibility index (Phi) is 14.8. The minimum absolute atomic E-state index is 0.000566. The van der Waals surface area contributed by atoms with Gasteiger partial charge in [-0.1, -0.05) is 48.5 Å². The van der Waals surface area contributed by atoms with Crippen LogP contribution in [-0.4, -0.2) is 34.2 Å². The first-order valence-corrected chi connectivity index (χ1v) is 18.3. The number of nitrogen functional groups attached to an aromatic ring is 2. The van der Waals surface area contributed by atoms with Gasteiger partial charge in [-0.15, -0.1) is 0 Å². The number of pyridine rings is 2. The number of aromatic nitrogens is 2. The van der Waals surface area contributed by atoms with Crippen LogP contribution in [0.15, 0.2) is 109 Å². The Labute approximate surface area is 346 Å². The number of hydrogen-bond acceptors (Lipinski definition) is 11. The summed E-state index contributed by atoms with van der Waals surface area (Å²) in [5.41, 5.74) is 18.2. The third-order valence-electron chi connectivity index (χ3n) is 8.94. The molecule has 0 spiro atoms. The molecule has 0 atom stereocenters. The van der Waals surface area contributed by atoms with Crippen LogP contribution in [0.1, 0.15) is 71.0 Å². The van der Waals surface area contributed by atoms with Crippen LogP contribution in [0.2, 0.25) is 0 Å². The van der Waals surface area contributed by atoms with Crippen molar-refractivity contribution in [2.75, 3.05) is 0 Å². The number of aryl methyl sites for hydroxylation is 2. The number of amidine groups is 2. The summed E-state index contributed by atoms with van der Waals surface area (Å²) in [7, 11) is 0. The summed E-state index contributed by atoms with van der Waals surface area (Å²) in [5.74, 6) is 1.96. The van der Waals surface area contributed by atoms with Crippen molar-refractivity contribution in [1.82, 2.24) is 9.97 Å². The van der Waals surface area contributed by atoms with Crippen molar-refractivity contribution in [3.8, 4) is 29.1 Å². The molecule has 0 amide bonds. The lowest BCUT2D eigenvalue weighted by atomic mass is 10.1. The number of aldehydes is 2. The first-order valence-electron chi connectivity index (χ1n) is 18.3. The highest BCUT2D eigenvalue weighted by molar-refractivity contribution is 5.95. The highest BCUT2D eigenvalue weighted by atomic mass is 16.5. The van der Waals surface area contributed by atoms with E-state index in [1.165, 1.54) is 0 Å². The van der Waals surface area contributed by atoms with Gasteiger partial charge in [-0.3, -0.25) is 30.4 Å². The number of carbonyl (C=O) groups excluding carboxylic acids is 2. The zero-order chi connectivity index (χ0) is 43.0. The summed E-state index contributed by atoms with van der Waals surface area (Å²) < 4.78 is 23.3. The van der Waals surface area contributed by atoms with E-state index in [-0.39, 0.29) is 38.1 Å². The van der Waals surface area contributed by atoms with E-state index in [9.17, 15) is 9.59 Å². The molecule has 0 aliphatic carbocycles. The molecule has 14 nitrogen and oxygen atoms in total. The monoisotopic (exact) mass is 800 g/mol. The second-order valence-corrected chi connectivity index (χ2v) is 13.1. The Hall–Kier alpha value is -8.36. The van der Waals surface area contributed by atoms with Crippen LogP contribution in [0.3, 0.4) is 0 Å². The van der Waals surface area contributed by atoms with Crippen LogP contribution in [0.25, 0.3) is 4.85 Å². The fourth-order valence-electron chi connectivity index (χ4n) is 5.58. The van der Waals surface area contributed by atoms with Crippen molar-refractivity contribution in [2.24, 2.45) is 11.5 Å². The molecule has 0 aliphatic heterocycles. The average molecular weight is 801 g/mol. The predicted molar refractivity (Wildman–Crippen MR) is 225 cm³/mol. The molecule has 6 N–H and O–H groups in total. The molecule has 2 aromatic heterocycles. The van der Waals surface area contributed by atoms with Crippen LogP contribution in [-0.2, 0) is 26.4 Å². The van der Waals surface area contributed by atoms with E-state index in [0.717, 1.165) is 23.7 Å². The highest BCUT2D eigenvalue weighted by Crippen LogP contribution is 2.28. The first kappa shape index (κ1) is 42.8. The summed E-state index contributed by atoms with van der Waals surface area (Å²) in [6.45, 7) is 11.3. The van der Waals surface area contributed by atoms with E-state index in [2.05, 4.69) is 20.9 Å². The van der Waals surface area contributed by atoms with Crippen molar-refractivity contribution < 1.29 is 28.5 Å². The molecule has 0 fully saturated rings. The molecule has 6 rings (SSSR count). The Morgan fingerprint density at radius 2 is 1.05 bits per heavy atom. The Balaban J connectivity index is 0.000000228. The molecule has 0 bridgehead atoms. The molecule has 0 radical (unpaired) electrons. The number of nitrogens with two attached hydrogens (primary N) is 2. The maximum atomic E-state index is 11.8. The SMILES string of the molecule is Cc1ncc(COc2ccc(C(=N)N)cc2)c(C=O)c1OCc1ccc(C(=N)N)cc1.[C-]#[N+]c1ccc(COc2c(C)ncc(COc3ccc(C#N)cc3)c2C=O)cc1. The quantitative estimate of drug-likeness (QED) is 0.0321. The molecule has 2 heterocycles. The van der Waals surface area contributed by atoms with E-state index in [1.54, 1.807) is 99.0 Å². The summed E-state index contributed by atoms with van der Waals surface area (Å²) >= 11 is 0. The summed E-state index contributed by atoms with van der Waals surface area (Å²) in [6.07, 6.45) is 4.67. The largest absolute Gasteiger partial charge is 0.489 e. The molecular formula is C46H40N8O6. The maximum Gasteiger partial charge on any atom is 0.187 e. The van der Waals surface area contributed by atoms with Gasteiger partial charge in [0, 0.05) is 34.6 Å². The fourth-order valence-corrected chi connectivity index (χ4v) is 5.58. The van der Waals surface area contributed by atoms with E-state index in [0.29, 0.717) is 79.0 Å². The van der Waals surface area contributed by atoms with E-state index < -0.39 is 0 Å². The lowest BCUT2D eigenvalue weighted by molar-refractivity contribution is 0.110. The van der Waals surface area contributed by atoms with Gasteiger partial charge in [-0.05, 0) is 73.5 Å². The number of nitrogens with zero attached hydrogens (tertiary/aromatic N) is 4. The van der Waals surface area contributed by atoms with Crippen LogP contribution in [0.5, 0.6) is 23.0 Å². The average Bonchev–Trinajstić information content (AvgIpc) is 3.27. The van der Waals surface area contributed by atoms with Gasteiger partial charge in [0.15, 0.2) is 29.8 Å². The molecule has 14 heteroatoms. The van der Waals surface area contributed by atoms with E-state index in [1.807, 2.05) is 24.3 Å². The number of ether oxygens (including phenoxy) is 4. The topological polar surface area (TPSA) is 225 Å². The first-order chi connectivity index (χ1) is 29.0. The standard InChI is InChI=1S/C23H23N5O3.C23H17N3O3/c1-14-21(31-12-15-2-4-16(5-3-15)22(24)25)20(11-29)18(10-28-14)13-30-19-8-6-17(7-9-19)23(26)27;1-16-23(29-14-18-3-7-20(25-2)8-4-18)22(13-27)19(12-26-16)15-28-21-9-5-17(11-24)6-10-21/h2-11H,12-13H2,1H3,(H3,24,25)(H3,26,27);3-10,12-13H,14-15H2,1H3. The van der Waals surface area contributed by atoms with Crippen molar-refractivity contribution >= 4 is 29.9 Å². The zero-order valence-corrected chi connectivity index (χ0v) is 32.8. The summed E-state index contributed by atoms with van der Waals surface area (Å²) in [4.78, 5) is 35.6. The van der Waals surface area contributed by atoms with Gasteiger partial charge in [0.05, 0.1) is 40.7 Å². The van der Waals surface area contributed by atoms with Crippen molar-refractivity contribution in [3.05, 3.63) is 182 Å². The van der Waals surface area contributed by atoms with E-state index >= 15 is 0 Å². The molecule has 6 aromatic rings. The molecule has 0 saturated carbocycles. The Bertz CT molecular complexity index is 2560. The van der Waals surface area contributed by atoms with Gasteiger partial charge in [0.25, 0.3) is 0 Å². The second kappa shape index (κ2) is 20.7. The van der Waals surface area contributed by atoms with Crippen LogP contribution in [0, 0.1) is 42.6 Å². The second-order valence-electron chi connectivity index (χ2n) is 13.1. The van der Waals surface area contributed by atoms with Crippen molar-refractivity contribution in [3.63, 3.8) is 0 Å². The third kappa shape index (κ3) is 11.4. The fraction of sp³-hybridized carbons (Fsp3) is 0.130. The molecule has 4 aromatic carbocycles. The number of nitriles is 1. The lowest BCUT2D eigenvalue weighted by Gasteiger charge is -2.15. The van der Waals surface area contributed by atoms with Gasteiger partial charge in [-0.2, -0.15) is 5.26 Å². The van der Waals surface area contributed by atoms with Gasteiger partial charge < -0.3 is 30.4 Å². The minimum atomic E-state index is -0.0183. The number of hydrogen-bond donors (Lipinski definition) is 4. The summed E-state index contributed by atoms with van der Waals surface area (Å²) in [6, 6.07) is 29.8. The number of rotatable bonds is 16. The number of nitrogens with one attached hydrogen (secondary N) is 2. The highest BCUT2D eigenvalue weighted by Gasteiger charge is 2.16. The number of benzene rings is 4. The molecule has 60 heavy (non-hydrogen) atoms. The van der Waals surface area contributed by atoms with Crippen molar-refractivity contribution in [1.29, 1.82) is 16.1 Å². The molecule has 300 valence electrons. The molecule has 0 aliphatic rings. The van der Waals surface area contributed by atoms with Crippen molar-refractivity contribution in [2.45, 2.75) is 40.3 Å². The zero-order valence-electron chi connectivity index (χ0n) is 32.8. The third-order valence-corrected chi connectivity index (χ3v) is 8.94. The normalized spacial score (nSPS) is 10.1. The van der Waals surface area contributed by atoms with Gasteiger partial charge >= 0.3 is 0 Å². The van der Waals surface area contributed by atoms with Crippen LogP contribution < -0.4 is 30.4 Å². The molecular weight excluding hydrogens is 761 g/mol. The van der Waals surface area contributed by atoms with Crippen LogP contribution >= 0.6 is 0 Å². The molecule has 0 unspecified atom stereocenters. The van der Waals surface area contributed by atoms with Crippen LogP contribution in [0.4, 0.5) is 5.69 Å². The number of carbonyl (C=O) groups is 2. The Morgan fingerprint density at radius 1 is 0.650 bits per heavy atom. The molecule has 0 saturated heterocycles. The predicted octanol–water partition coefficient (Wildman–Crippen LogP) is 7.71. The minimum Gasteiger partial charge on any atom is -0.489 e. The smallest absolute Gasteiger partial charge is 0.187 e. The van der Waals surface area contributed by atoms with E-state index in [4.69, 9.17) is 53.1 Å².